The molecule has 0 radical (unpaired) electrons. The van der Waals surface area contributed by atoms with Crippen LogP contribution in [-0.2, 0) is 21.0 Å². The van der Waals surface area contributed by atoms with Crippen molar-refractivity contribution in [1.29, 1.82) is 0 Å². The smallest absolute Gasteiger partial charge is 0.162 e. The third-order valence-corrected chi connectivity index (χ3v) is 6.45. The molecule has 6 heteroatoms. The summed E-state index contributed by atoms with van der Waals surface area (Å²) in [5, 5.41) is 13.0. The van der Waals surface area contributed by atoms with E-state index in [9.17, 15) is 18.1 Å². The van der Waals surface area contributed by atoms with Crippen molar-refractivity contribution >= 4 is 42.6 Å². The fourth-order valence-corrected chi connectivity index (χ4v) is 4.68. The number of phenols is 1. The van der Waals surface area contributed by atoms with Crippen molar-refractivity contribution in [2.24, 2.45) is 0 Å². The molecule has 4 rings (SSSR count). The summed E-state index contributed by atoms with van der Waals surface area (Å²) in [6, 6.07) is 23.3. The van der Waals surface area contributed by atoms with Crippen molar-refractivity contribution in [3.63, 3.8) is 0 Å². The van der Waals surface area contributed by atoms with E-state index >= 15 is 0 Å². The van der Waals surface area contributed by atoms with Gasteiger partial charge in [0.05, 0.1) is 4.90 Å². The molecule has 0 saturated heterocycles. The summed E-state index contributed by atoms with van der Waals surface area (Å²) in [5.74, 6) is 0.370. The fraction of sp³-hybridized carbons (Fsp3) is 0.0909. The van der Waals surface area contributed by atoms with Crippen LogP contribution in [-0.4, -0.2) is 30.6 Å². The second-order valence-corrected chi connectivity index (χ2v) is 9.80. The molecular formula is C22H20O4S2. The molecule has 4 nitrogen and oxygen atoms in total. The maximum absolute atomic E-state index is 10.9. The van der Waals surface area contributed by atoms with Crippen molar-refractivity contribution in [1.82, 2.24) is 0 Å². The minimum atomic E-state index is -4.38. The van der Waals surface area contributed by atoms with Gasteiger partial charge in [-0.2, -0.15) is 0 Å². The SMILES string of the molecule is C[S+](C)c1ccc(O)c2ccccc12.O=S(=O)([O-])c1cccc2ccccc12. The lowest BCUT2D eigenvalue weighted by molar-refractivity contribution is 0.464. The molecule has 0 aliphatic rings. The Kier molecular flexibility index (Phi) is 5.93. The zero-order valence-electron chi connectivity index (χ0n) is 15.5. The van der Waals surface area contributed by atoms with Gasteiger partial charge in [-0.15, -0.1) is 0 Å². The number of rotatable bonds is 2. The molecule has 0 saturated carbocycles. The standard InChI is InChI=1S/C12H12OS.C10H8O3S/c1-14(2)12-8-7-11(13)9-5-3-4-6-10(9)12;11-14(12,13)10-7-3-5-8-4-1-2-6-9(8)10/h3-8H,1-2H3;1-7H,(H,11,12,13). The van der Waals surface area contributed by atoms with Crippen LogP contribution in [0.5, 0.6) is 5.75 Å². The van der Waals surface area contributed by atoms with Crippen molar-refractivity contribution in [2.75, 3.05) is 12.5 Å². The molecule has 4 aromatic carbocycles. The molecule has 144 valence electrons. The first-order chi connectivity index (χ1) is 13.3. The Labute approximate surface area is 167 Å². The highest BCUT2D eigenvalue weighted by Crippen LogP contribution is 2.29. The average molecular weight is 413 g/mol. The molecule has 0 bridgehead atoms. The highest BCUT2D eigenvalue weighted by Gasteiger charge is 2.14. The molecule has 0 heterocycles. The largest absolute Gasteiger partial charge is 0.744 e. The number of aromatic hydroxyl groups is 1. The lowest BCUT2D eigenvalue weighted by atomic mass is 10.1. The van der Waals surface area contributed by atoms with E-state index in [0.717, 1.165) is 10.8 Å². The van der Waals surface area contributed by atoms with Crippen LogP contribution in [0.15, 0.2) is 88.7 Å². The normalized spacial score (nSPS) is 11.4. The molecule has 4 aromatic rings. The number of hydrogen-bond donors (Lipinski definition) is 1. The minimum Gasteiger partial charge on any atom is -0.744 e. The number of fused-ring (bicyclic) bond motifs is 2. The molecule has 28 heavy (non-hydrogen) atoms. The van der Waals surface area contributed by atoms with Crippen molar-refractivity contribution < 1.29 is 18.1 Å². The van der Waals surface area contributed by atoms with Gasteiger partial charge in [-0.1, -0.05) is 54.6 Å². The summed E-state index contributed by atoms with van der Waals surface area (Å²) in [4.78, 5) is 1.16. The Morgan fingerprint density at radius 2 is 1.32 bits per heavy atom. The fourth-order valence-electron chi connectivity index (χ4n) is 3.03. The van der Waals surface area contributed by atoms with Gasteiger partial charge in [0.1, 0.15) is 28.4 Å². The van der Waals surface area contributed by atoms with E-state index in [1.165, 1.54) is 16.3 Å². The van der Waals surface area contributed by atoms with E-state index in [0.29, 0.717) is 11.1 Å². The van der Waals surface area contributed by atoms with Gasteiger partial charge in [0.15, 0.2) is 4.90 Å². The van der Waals surface area contributed by atoms with Crippen molar-refractivity contribution in [3.8, 4) is 5.75 Å². The van der Waals surface area contributed by atoms with Gasteiger partial charge in [-0.05, 0) is 35.0 Å². The maximum Gasteiger partial charge on any atom is 0.162 e. The van der Waals surface area contributed by atoms with Crippen LogP contribution in [0.2, 0.25) is 0 Å². The van der Waals surface area contributed by atoms with Gasteiger partial charge in [-0.3, -0.25) is 0 Å². The summed E-state index contributed by atoms with van der Waals surface area (Å²) in [6.07, 6.45) is 4.39. The molecule has 0 aliphatic heterocycles. The molecular weight excluding hydrogens is 392 g/mol. The Morgan fingerprint density at radius 3 is 1.96 bits per heavy atom. The van der Waals surface area contributed by atoms with Crippen LogP contribution < -0.4 is 0 Å². The highest BCUT2D eigenvalue weighted by molar-refractivity contribution is 7.95. The monoisotopic (exact) mass is 412 g/mol. The minimum absolute atomic E-state index is 0.157. The quantitative estimate of drug-likeness (QED) is 0.388. The maximum atomic E-state index is 10.9. The second kappa shape index (κ2) is 8.22. The molecule has 0 fully saturated rings. The summed E-state index contributed by atoms with van der Waals surface area (Å²) >= 11 is 0. The third kappa shape index (κ3) is 4.30. The summed E-state index contributed by atoms with van der Waals surface area (Å²) < 4.78 is 32.7. The third-order valence-electron chi connectivity index (χ3n) is 4.32. The van der Waals surface area contributed by atoms with Crippen LogP contribution in [0.3, 0.4) is 0 Å². The lowest BCUT2D eigenvalue weighted by Gasteiger charge is -2.09. The highest BCUT2D eigenvalue weighted by atomic mass is 32.2. The second-order valence-electron chi connectivity index (χ2n) is 6.38. The first-order valence-electron chi connectivity index (χ1n) is 8.51. The number of benzene rings is 4. The average Bonchev–Trinajstić information content (AvgIpc) is 2.67. The van der Waals surface area contributed by atoms with Crippen LogP contribution >= 0.6 is 0 Å². The Bertz CT molecular complexity index is 1230. The van der Waals surface area contributed by atoms with E-state index in [1.54, 1.807) is 42.5 Å². The molecule has 0 spiro atoms. The van der Waals surface area contributed by atoms with Gasteiger partial charge >= 0.3 is 0 Å². The van der Waals surface area contributed by atoms with E-state index in [2.05, 4.69) is 18.6 Å². The van der Waals surface area contributed by atoms with Crippen LogP contribution in [0.1, 0.15) is 0 Å². The van der Waals surface area contributed by atoms with Crippen LogP contribution in [0.4, 0.5) is 0 Å². The van der Waals surface area contributed by atoms with Gasteiger partial charge < -0.3 is 9.66 Å². The Balaban J connectivity index is 0.000000161. The van der Waals surface area contributed by atoms with Gasteiger partial charge in [0, 0.05) is 21.7 Å². The van der Waals surface area contributed by atoms with Crippen LogP contribution in [0, 0.1) is 0 Å². The van der Waals surface area contributed by atoms with Crippen LogP contribution in [0.25, 0.3) is 21.5 Å². The zero-order valence-corrected chi connectivity index (χ0v) is 17.1. The Hall–Kier alpha value is -2.54. The topological polar surface area (TPSA) is 77.4 Å². The molecule has 0 amide bonds. The molecule has 0 aliphatic carbocycles. The number of hydrogen-bond acceptors (Lipinski definition) is 4. The first kappa shape index (κ1) is 20.2. The molecule has 0 aromatic heterocycles. The van der Waals surface area contributed by atoms with Gasteiger partial charge in [0.25, 0.3) is 0 Å². The first-order valence-corrected chi connectivity index (χ1v) is 12.0. The predicted octanol–water partition coefficient (Wildman–Crippen LogP) is 4.53. The van der Waals surface area contributed by atoms with Gasteiger partial charge in [-0.25, -0.2) is 8.42 Å². The van der Waals surface area contributed by atoms with E-state index in [-0.39, 0.29) is 15.8 Å². The predicted molar refractivity (Wildman–Crippen MR) is 115 cm³/mol. The summed E-state index contributed by atoms with van der Waals surface area (Å²) in [7, 11) is -4.15. The molecule has 0 unspecified atom stereocenters. The number of phenolic OH excluding ortho intramolecular Hbond substituents is 1. The van der Waals surface area contributed by atoms with E-state index in [4.69, 9.17) is 0 Å². The van der Waals surface area contributed by atoms with Gasteiger partial charge in [0.2, 0.25) is 0 Å². The lowest BCUT2D eigenvalue weighted by Crippen LogP contribution is -1.98. The van der Waals surface area contributed by atoms with E-state index < -0.39 is 10.1 Å². The van der Waals surface area contributed by atoms with Crippen molar-refractivity contribution in [3.05, 3.63) is 78.9 Å². The van der Waals surface area contributed by atoms with Crippen molar-refractivity contribution in [2.45, 2.75) is 9.79 Å². The molecule has 0 atom stereocenters. The summed E-state index contributed by atoms with van der Waals surface area (Å²) in [6.45, 7) is 0. The zero-order chi connectivity index (χ0) is 20.3. The van der Waals surface area contributed by atoms with E-state index in [1.807, 2.05) is 24.3 Å². The summed E-state index contributed by atoms with van der Waals surface area (Å²) in [5.41, 5.74) is 0. The Morgan fingerprint density at radius 1 is 0.750 bits per heavy atom. The molecule has 1 N–H and O–H groups in total.